The van der Waals surface area contributed by atoms with Crippen molar-refractivity contribution in [1.29, 1.82) is 0 Å². The van der Waals surface area contributed by atoms with E-state index in [4.69, 9.17) is 30.2 Å². The van der Waals surface area contributed by atoms with Crippen LogP contribution in [0, 0.1) is 0 Å². The standard InChI is InChI=1S/C61H67N17O11S4/c1-9-77(10-2)48-28-44(46(30-50(48)88-7)73-75-59-63-32-41(91-59)26-42(34(5)80)54(83)66-39-21-17-19-37(25-39)64-33-79)67-57-70-58(72-60(71-57)90-40-22-14-13-15-23-40)68-45-29-49(78(11-3)12-4)51(89-8)31-47(45)74-76-61-69-56(93(85,86)87)52(92-61)27-43(35(6)81)55(84)65-38-20-16-18-36(24-38)53(62)82/h16-21,24-33,40H,9-15,22-23H2,1-8H3,(H2,62,82)(H,64,79)(H,65,84)(H,66,83)(H,85,86,87)(H2,67,68,70,71,72)/b42-26+,43-27-,75-73+,76-74+. The van der Waals surface area contributed by atoms with E-state index in [0.717, 1.165) is 62.1 Å². The van der Waals surface area contributed by atoms with E-state index in [1.807, 2.05) is 38.7 Å². The van der Waals surface area contributed by atoms with Crippen molar-refractivity contribution in [3.63, 3.8) is 0 Å². The van der Waals surface area contributed by atoms with Gasteiger partial charge in [0.1, 0.15) is 22.9 Å². The van der Waals surface area contributed by atoms with Crippen LogP contribution >= 0.6 is 34.4 Å². The Kier molecular flexibility index (Phi) is 23.7. The number of amides is 4. The zero-order valence-electron chi connectivity index (χ0n) is 51.8. The van der Waals surface area contributed by atoms with Gasteiger partial charge in [-0.3, -0.25) is 33.3 Å². The van der Waals surface area contributed by atoms with Gasteiger partial charge in [0.2, 0.25) is 39.5 Å². The van der Waals surface area contributed by atoms with Crippen molar-refractivity contribution in [2.24, 2.45) is 26.2 Å². The molecule has 0 saturated heterocycles. The Bertz CT molecular complexity index is 4200. The highest BCUT2D eigenvalue weighted by atomic mass is 32.2. The predicted octanol–water partition coefficient (Wildman–Crippen LogP) is 12.4. The first kappa shape index (κ1) is 69.0. The summed E-state index contributed by atoms with van der Waals surface area (Å²) in [5.41, 5.74) is 8.21. The number of rotatable bonds is 30. The van der Waals surface area contributed by atoms with Crippen LogP contribution in [0.1, 0.15) is 93.8 Å². The number of methoxy groups -OCH3 is 2. The number of thiazole rings is 2. The lowest BCUT2D eigenvalue weighted by Gasteiger charge is -2.25. The van der Waals surface area contributed by atoms with E-state index in [1.165, 1.54) is 62.3 Å². The monoisotopic (exact) mass is 1340 g/mol. The number of carbonyl (C=O) groups excluding carboxylic acids is 6. The average molecular weight is 1340 g/mol. The molecule has 4 amide bonds. The molecule has 32 heteroatoms. The Labute approximate surface area is 547 Å². The van der Waals surface area contributed by atoms with Crippen molar-refractivity contribution in [1.82, 2.24) is 24.9 Å². The number of ether oxygens (including phenoxy) is 2. The van der Waals surface area contributed by atoms with Crippen molar-refractivity contribution >= 4 is 166 Å². The van der Waals surface area contributed by atoms with Gasteiger partial charge in [0.05, 0.1) is 57.9 Å². The van der Waals surface area contributed by atoms with Crippen LogP contribution in [0.4, 0.5) is 73.3 Å². The minimum atomic E-state index is -5.10. The summed E-state index contributed by atoms with van der Waals surface area (Å²) in [5.74, 6) is -2.65. The molecule has 1 fully saturated rings. The maximum Gasteiger partial charge on any atom is 0.313 e. The van der Waals surface area contributed by atoms with Crippen LogP contribution in [-0.2, 0) is 34.1 Å². The lowest BCUT2D eigenvalue weighted by atomic mass is 10.0. The Morgan fingerprint density at radius 1 is 0.688 bits per heavy atom. The van der Waals surface area contributed by atoms with E-state index in [-0.39, 0.29) is 60.5 Å². The molecule has 0 bridgehead atoms. The quantitative estimate of drug-likeness (QED) is 0.00549. The second-order valence-corrected chi connectivity index (χ2v) is 25.0. The first-order chi connectivity index (χ1) is 44.6. The fourth-order valence-electron chi connectivity index (χ4n) is 9.56. The summed E-state index contributed by atoms with van der Waals surface area (Å²) in [6.07, 6.45) is 9.38. The number of Topliss-reactive ketones (excluding diaryl/α,β-unsaturated/α-hetero) is 2. The van der Waals surface area contributed by atoms with Gasteiger partial charge in [-0.15, -0.1) is 20.5 Å². The van der Waals surface area contributed by atoms with E-state index in [2.05, 4.69) is 61.9 Å². The number of nitrogens with zero attached hydrogens (tertiary/aromatic N) is 11. The first-order valence-corrected chi connectivity index (χ1v) is 33.1. The number of azo groups is 2. The number of thioether (sulfide) groups is 1. The van der Waals surface area contributed by atoms with Crippen molar-refractivity contribution < 1.29 is 51.2 Å². The minimum Gasteiger partial charge on any atom is -0.494 e. The predicted molar refractivity (Wildman–Crippen MR) is 360 cm³/mol. The van der Waals surface area contributed by atoms with E-state index in [0.29, 0.717) is 93.9 Å². The van der Waals surface area contributed by atoms with Crippen LogP contribution in [0.3, 0.4) is 0 Å². The van der Waals surface area contributed by atoms with Crippen LogP contribution in [-0.4, -0.2) is 119 Å². The van der Waals surface area contributed by atoms with Gasteiger partial charge in [0.25, 0.3) is 11.8 Å². The summed E-state index contributed by atoms with van der Waals surface area (Å²) in [6.45, 7) is 12.7. The highest BCUT2D eigenvalue weighted by Crippen LogP contribution is 2.44. The third kappa shape index (κ3) is 18.2. The highest BCUT2D eigenvalue weighted by molar-refractivity contribution is 7.99. The van der Waals surface area contributed by atoms with Crippen LogP contribution in [0.2, 0.25) is 0 Å². The molecule has 1 aliphatic rings. The molecule has 7 aromatic rings. The molecule has 3 heterocycles. The van der Waals surface area contributed by atoms with Crippen LogP contribution in [0.15, 0.2) is 121 Å². The van der Waals surface area contributed by atoms with Crippen LogP contribution in [0.5, 0.6) is 11.5 Å². The Hall–Kier alpha value is -9.89. The first-order valence-electron chi connectivity index (χ1n) is 29.1. The summed E-state index contributed by atoms with van der Waals surface area (Å²) in [6, 6.07) is 19.0. The molecule has 4 aromatic carbocycles. The van der Waals surface area contributed by atoms with Crippen molar-refractivity contribution in [3.05, 3.63) is 105 Å². The maximum absolute atomic E-state index is 13.5. The number of hydrogen-bond acceptors (Lipinski definition) is 26. The summed E-state index contributed by atoms with van der Waals surface area (Å²) < 4.78 is 47.9. The topological polar surface area (TPSA) is 382 Å². The molecular weight excluding hydrogens is 1280 g/mol. The van der Waals surface area contributed by atoms with Crippen molar-refractivity contribution in [2.45, 2.75) is 89.1 Å². The molecule has 0 spiro atoms. The molecule has 1 saturated carbocycles. The lowest BCUT2D eigenvalue weighted by Crippen LogP contribution is -2.22. The Balaban J connectivity index is 1.18. The van der Waals surface area contributed by atoms with Gasteiger partial charge in [-0.1, -0.05) is 65.8 Å². The van der Waals surface area contributed by atoms with E-state index in [9.17, 15) is 41.7 Å². The molecule has 28 nitrogen and oxygen atoms in total. The van der Waals surface area contributed by atoms with Crippen molar-refractivity contribution in [2.75, 3.05) is 76.8 Å². The molecule has 0 unspecified atom stereocenters. The van der Waals surface area contributed by atoms with Gasteiger partial charge < -0.3 is 51.6 Å². The Morgan fingerprint density at radius 2 is 1.22 bits per heavy atom. The molecular formula is C61H67N17O11S4. The van der Waals surface area contributed by atoms with Gasteiger partial charge in [-0.25, -0.2) is 9.97 Å². The minimum absolute atomic E-state index is 0.0655. The van der Waals surface area contributed by atoms with Gasteiger partial charge in [0.15, 0.2) is 16.7 Å². The zero-order valence-corrected chi connectivity index (χ0v) is 55.1. The molecule has 8 N–H and O–H groups in total. The summed E-state index contributed by atoms with van der Waals surface area (Å²) in [4.78, 5) is 103. The van der Waals surface area contributed by atoms with Crippen LogP contribution < -0.4 is 51.6 Å². The number of benzene rings is 4. The van der Waals surface area contributed by atoms with Gasteiger partial charge in [0, 0.05) is 72.4 Å². The van der Waals surface area contributed by atoms with Crippen LogP contribution in [0.25, 0.3) is 12.2 Å². The molecule has 0 radical (unpaired) electrons. The SMILES string of the molecule is CCN(CC)c1cc(Nc2nc(Nc3cc(N(CC)CC)c(OC)cc3/N=N/c3nc(S(=O)(=O)O)c(/C=C(/C(C)=O)C(=O)Nc4cccc(C(N)=O)c4)s3)nc(SC3CCCCC3)n2)c(/N=N/c2ncc(/C=C(\C(C)=O)C(=O)Nc3cccc(NC=O)c3)s2)cc1OC. The third-order valence-corrected chi connectivity index (χ3v) is 18.0. The second-order valence-electron chi connectivity index (χ2n) is 20.3. The zero-order chi connectivity index (χ0) is 66.9. The lowest BCUT2D eigenvalue weighted by molar-refractivity contribution is -0.120. The number of ketones is 2. The van der Waals surface area contributed by atoms with Gasteiger partial charge in [-0.2, -0.15) is 23.4 Å². The van der Waals surface area contributed by atoms with Gasteiger partial charge in [-0.05, 0) is 115 Å². The van der Waals surface area contributed by atoms with E-state index >= 15 is 0 Å². The normalized spacial score (nSPS) is 13.0. The molecule has 0 aliphatic heterocycles. The number of primary amides is 1. The molecule has 8 rings (SSSR count). The smallest absolute Gasteiger partial charge is 0.313 e. The Morgan fingerprint density at radius 3 is 1.73 bits per heavy atom. The number of anilines is 9. The third-order valence-electron chi connectivity index (χ3n) is 14.1. The number of hydrogen-bond donors (Lipinski definition) is 7. The van der Waals surface area contributed by atoms with E-state index in [1.54, 1.807) is 49.6 Å². The van der Waals surface area contributed by atoms with Gasteiger partial charge >= 0.3 is 10.1 Å². The fourth-order valence-corrected chi connectivity index (χ4v) is 13.1. The van der Waals surface area contributed by atoms with E-state index < -0.39 is 50.0 Å². The number of aromatic nitrogens is 5. The molecule has 3 aromatic heterocycles. The number of carbonyl (C=O) groups is 6. The number of nitrogens with two attached hydrogens (primary N) is 1. The second kappa shape index (κ2) is 31.9. The molecule has 486 valence electrons. The average Bonchev–Trinajstić information content (AvgIpc) is 1.55. The summed E-state index contributed by atoms with van der Waals surface area (Å²) in [5, 5.41) is 32.0. The van der Waals surface area contributed by atoms with Crippen molar-refractivity contribution in [3.8, 4) is 11.5 Å². The summed E-state index contributed by atoms with van der Waals surface area (Å²) >= 11 is 3.19. The molecule has 0 atom stereocenters. The highest BCUT2D eigenvalue weighted by Gasteiger charge is 2.27. The largest absolute Gasteiger partial charge is 0.494 e. The summed E-state index contributed by atoms with van der Waals surface area (Å²) in [7, 11) is -2.07. The molecule has 93 heavy (non-hydrogen) atoms. The maximum atomic E-state index is 13.5. The fraction of sp³-hybridized carbons (Fsp3) is 0.295. The molecule has 1 aliphatic carbocycles. The number of nitrogens with one attached hydrogen (secondary N) is 5.